The number of hydrogen-bond donors (Lipinski definition) is 2. The second-order valence-corrected chi connectivity index (χ2v) is 6.66. The molecule has 0 aromatic rings. The Balaban J connectivity index is 2.49. The van der Waals surface area contributed by atoms with Crippen molar-refractivity contribution >= 4 is 5.91 Å². The molecule has 2 N–H and O–H groups in total. The van der Waals surface area contributed by atoms with Crippen LogP contribution in [0.25, 0.3) is 0 Å². The number of carbonyl (C=O) groups excluding carboxylic acids is 1. The highest BCUT2D eigenvalue weighted by atomic mass is 16.3. The molecule has 0 saturated carbocycles. The highest BCUT2D eigenvalue weighted by Gasteiger charge is 2.29. The van der Waals surface area contributed by atoms with E-state index in [-0.39, 0.29) is 12.0 Å². The van der Waals surface area contributed by atoms with E-state index in [1.165, 1.54) is 6.42 Å². The van der Waals surface area contributed by atoms with Gasteiger partial charge in [0.2, 0.25) is 5.91 Å². The molecule has 118 valence electrons. The lowest BCUT2D eigenvalue weighted by atomic mass is 9.88. The van der Waals surface area contributed by atoms with Crippen molar-refractivity contribution in [1.82, 2.24) is 10.2 Å². The minimum Gasteiger partial charge on any atom is -0.393 e. The molecule has 0 radical (unpaired) electrons. The van der Waals surface area contributed by atoms with Gasteiger partial charge in [-0.3, -0.25) is 4.79 Å². The first-order chi connectivity index (χ1) is 9.42. The maximum absolute atomic E-state index is 11.7. The Morgan fingerprint density at radius 3 is 2.65 bits per heavy atom. The molecule has 4 nitrogen and oxygen atoms in total. The molecule has 1 fully saturated rings. The number of aliphatic hydroxyl groups is 1. The minimum atomic E-state index is -0.233. The van der Waals surface area contributed by atoms with E-state index in [4.69, 9.17) is 0 Å². The monoisotopic (exact) mass is 284 g/mol. The first-order valence-corrected chi connectivity index (χ1v) is 8.09. The zero-order valence-electron chi connectivity index (χ0n) is 13.6. The minimum absolute atomic E-state index is 0.149. The molecule has 1 amide bonds. The Morgan fingerprint density at radius 2 is 2.10 bits per heavy atom. The van der Waals surface area contributed by atoms with Crippen molar-refractivity contribution in [3.63, 3.8) is 0 Å². The van der Waals surface area contributed by atoms with Crippen LogP contribution in [0.15, 0.2) is 0 Å². The molecule has 20 heavy (non-hydrogen) atoms. The summed E-state index contributed by atoms with van der Waals surface area (Å²) in [6.45, 7) is 10.7. The molecular weight excluding hydrogens is 252 g/mol. The van der Waals surface area contributed by atoms with Gasteiger partial charge in [0.15, 0.2) is 0 Å². The van der Waals surface area contributed by atoms with Gasteiger partial charge in [-0.05, 0) is 44.1 Å². The molecule has 0 aromatic heterocycles. The number of nitrogens with one attached hydrogen (secondary N) is 1. The summed E-state index contributed by atoms with van der Waals surface area (Å²) in [7, 11) is 0. The molecule has 3 unspecified atom stereocenters. The molecule has 0 aromatic carbocycles. The average molecular weight is 284 g/mol. The summed E-state index contributed by atoms with van der Waals surface area (Å²) in [5, 5.41) is 13.4. The van der Waals surface area contributed by atoms with Gasteiger partial charge in [-0.1, -0.05) is 20.8 Å². The molecule has 1 aliphatic heterocycles. The summed E-state index contributed by atoms with van der Waals surface area (Å²) in [4.78, 5) is 13.6. The lowest BCUT2D eigenvalue weighted by Gasteiger charge is -2.38. The maximum atomic E-state index is 11.7. The molecule has 1 aliphatic rings. The van der Waals surface area contributed by atoms with Gasteiger partial charge < -0.3 is 15.3 Å². The first-order valence-electron chi connectivity index (χ1n) is 8.09. The van der Waals surface area contributed by atoms with Crippen molar-refractivity contribution in [2.75, 3.05) is 19.6 Å². The summed E-state index contributed by atoms with van der Waals surface area (Å²) >= 11 is 0. The highest BCUT2D eigenvalue weighted by Crippen LogP contribution is 2.22. The summed E-state index contributed by atoms with van der Waals surface area (Å²) in [5.74, 6) is 1.27. The van der Waals surface area contributed by atoms with Crippen LogP contribution < -0.4 is 5.32 Å². The Kier molecular flexibility index (Phi) is 7.52. The van der Waals surface area contributed by atoms with Gasteiger partial charge >= 0.3 is 0 Å². The molecule has 1 rings (SSSR count). The molecule has 3 atom stereocenters. The van der Waals surface area contributed by atoms with Crippen LogP contribution in [-0.2, 0) is 4.79 Å². The molecule has 4 heteroatoms. The van der Waals surface area contributed by atoms with Crippen LogP contribution in [0, 0.1) is 11.8 Å². The average Bonchev–Trinajstić information content (AvgIpc) is 2.37. The highest BCUT2D eigenvalue weighted by molar-refractivity contribution is 5.73. The second kappa shape index (κ2) is 8.63. The van der Waals surface area contributed by atoms with Gasteiger partial charge in [0, 0.05) is 26.1 Å². The van der Waals surface area contributed by atoms with Crippen LogP contribution in [0.1, 0.15) is 53.4 Å². The van der Waals surface area contributed by atoms with E-state index in [2.05, 4.69) is 19.2 Å². The largest absolute Gasteiger partial charge is 0.393 e. The van der Waals surface area contributed by atoms with Crippen molar-refractivity contribution in [3.8, 4) is 0 Å². The van der Waals surface area contributed by atoms with Crippen LogP contribution in [0.5, 0.6) is 0 Å². The predicted octanol–water partition coefficient (Wildman–Crippen LogP) is 2.02. The Hall–Kier alpha value is -0.610. The van der Waals surface area contributed by atoms with Gasteiger partial charge in [0.25, 0.3) is 0 Å². The van der Waals surface area contributed by atoms with Gasteiger partial charge in [0.05, 0.1) is 6.10 Å². The van der Waals surface area contributed by atoms with Gasteiger partial charge in [-0.25, -0.2) is 0 Å². The van der Waals surface area contributed by atoms with Gasteiger partial charge in [-0.2, -0.15) is 0 Å². The van der Waals surface area contributed by atoms with E-state index < -0.39 is 0 Å². The fraction of sp³-hybridized carbons (Fsp3) is 0.938. The van der Waals surface area contributed by atoms with E-state index in [1.807, 2.05) is 11.8 Å². The number of rotatable bonds is 7. The second-order valence-electron chi connectivity index (χ2n) is 6.66. The van der Waals surface area contributed by atoms with E-state index in [9.17, 15) is 9.90 Å². The van der Waals surface area contributed by atoms with Gasteiger partial charge in [0.1, 0.15) is 0 Å². The van der Waals surface area contributed by atoms with Crippen LogP contribution in [-0.4, -0.2) is 47.7 Å². The number of hydrogen-bond acceptors (Lipinski definition) is 3. The molecule has 1 saturated heterocycles. The third-order valence-electron chi connectivity index (χ3n) is 4.21. The van der Waals surface area contributed by atoms with Crippen molar-refractivity contribution in [3.05, 3.63) is 0 Å². The van der Waals surface area contributed by atoms with Crippen LogP contribution in [0.2, 0.25) is 0 Å². The number of amides is 1. The number of carbonyl (C=O) groups is 1. The fourth-order valence-corrected chi connectivity index (χ4v) is 2.91. The van der Waals surface area contributed by atoms with Crippen LogP contribution in [0.4, 0.5) is 0 Å². The smallest absolute Gasteiger partial charge is 0.219 e. The van der Waals surface area contributed by atoms with Crippen molar-refractivity contribution in [1.29, 1.82) is 0 Å². The first kappa shape index (κ1) is 17.4. The number of piperidine rings is 1. The summed E-state index contributed by atoms with van der Waals surface area (Å²) in [6.07, 6.45) is 3.60. The van der Waals surface area contributed by atoms with Crippen LogP contribution >= 0.6 is 0 Å². The normalized spacial score (nSPS) is 25.0. The lowest BCUT2D eigenvalue weighted by Crippen LogP contribution is -2.51. The standard InChI is InChI=1S/C16H32N2O2/c1-5-16(20)9-14-8-15(17-7-6-12(2)3)11-18(10-14)13(4)19/h12,14-17,20H,5-11H2,1-4H3. The Labute approximate surface area is 123 Å². The fourth-order valence-electron chi connectivity index (χ4n) is 2.91. The topological polar surface area (TPSA) is 52.6 Å². The van der Waals surface area contributed by atoms with Crippen molar-refractivity contribution in [2.45, 2.75) is 65.5 Å². The molecular formula is C16H32N2O2. The summed E-state index contributed by atoms with van der Waals surface area (Å²) < 4.78 is 0. The Morgan fingerprint density at radius 1 is 1.40 bits per heavy atom. The maximum Gasteiger partial charge on any atom is 0.219 e. The third kappa shape index (κ3) is 6.23. The molecule has 0 aliphatic carbocycles. The van der Waals surface area contributed by atoms with Crippen molar-refractivity contribution in [2.24, 2.45) is 11.8 Å². The molecule has 0 bridgehead atoms. The SMILES string of the molecule is CCC(O)CC1CC(NCCC(C)C)CN(C(C)=O)C1. The van der Waals surface area contributed by atoms with Gasteiger partial charge in [-0.15, -0.1) is 0 Å². The quantitative estimate of drug-likeness (QED) is 0.752. The predicted molar refractivity (Wildman–Crippen MR) is 82.5 cm³/mol. The van der Waals surface area contributed by atoms with E-state index in [1.54, 1.807) is 6.92 Å². The molecule has 1 heterocycles. The lowest BCUT2D eigenvalue weighted by molar-refractivity contribution is -0.131. The summed E-state index contributed by atoms with van der Waals surface area (Å²) in [5.41, 5.74) is 0. The third-order valence-corrected chi connectivity index (χ3v) is 4.21. The molecule has 0 spiro atoms. The Bertz CT molecular complexity index is 294. The number of likely N-dealkylation sites (tertiary alicyclic amines) is 1. The summed E-state index contributed by atoms with van der Waals surface area (Å²) in [6, 6.07) is 0.375. The number of nitrogens with zero attached hydrogens (tertiary/aromatic N) is 1. The number of aliphatic hydroxyl groups excluding tert-OH is 1. The zero-order chi connectivity index (χ0) is 15.1. The van der Waals surface area contributed by atoms with E-state index in [0.717, 1.165) is 38.9 Å². The van der Waals surface area contributed by atoms with Crippen molar-refractivity contribution < 1.29 is 9.90 Å². The van der Waals surface area contributed by atoms with E-state index >= 15 is 0 Å². The van der Waals surface area contributed by atoms with Crippen LogP contribution in [0.3, 0.4) is 0 Å². The van der Waals surface area contributed by atoms with E-state index in [0.29, 0.717) is 17.9 Å². The zero-order valence-corrected chi connectivity index (χ0v) is 13.6.